The third-order valence-corrected chi connectivity index (χ3v) is 4.07. The molecule has 1 N–H and O–H groups in total. The highest BCUT2D eigenvalue weighted by atomic mass is 79.9. The molecule has 0 unspecified atom stereocenters. The Balaban J connectivity index is 2.05. The second-order valence-corrected chi connectivity index (χ2v) is 5.34. The van der Waals surface area contributed by atoms with Crippen molar-refractivity contribution in [2.24, 2.45) is 0 Å². The van der Waals surface area contributed by atoms with E-state index in [1.807, 2.05) is 6.07 Å². The molecule has 1 amide bonds. The highest BCUT2D eigenvalue weighted by molar-refractivity contribution is 9.10. The van der Waals surface area contributed by atoms with Crippen LogP contribution in [0.15, 0.2) is 46.9 Å². The van der Waals surface area contributed by atoms with Crippen LogP contribution < -0.4 is 5.32 Å². The van der Waals surface area contributed by atoms with Crippen molar-refractivity contribution in [2.75, 3.05) is 5.32 Å². The van der Waals surface area contributed by atoms with E-state index in [0.29, 0.717) is 20.7 Å². The summed E-state index contributed by atoms with van der Waals surface area (Å²) in [5.41, 5.74) is 2.06. The minimum absolute atomic E-state index is 0.141. The van der Waals surface area contributed by atoms with Gasteiger partial charge in [0.05, 0.1) is 33.2 Å². The van der Waals surface area contributed by atoms with E-state index in [4.69, 9.17) is 16.9 Å². The van der Waals surface area contributed by atoms with Gasteiger partial charge in [0, 0.05) is 0 Å². The van der Waals surface area contributed by atoms with Crippen molar-refractivity contribution in [3.63, 3.8) is 0 Å². The van der Waals surface area contributed by atoms with Gasteiger partial charge in [-0.15, -0.1) is 0 Å². The fourth-order valence-electron chi connectivity index (χ4n) is 1.68. The predicted octanol–water partition coefficient (Wildman–Crippen LogP) is 4.16. The fourth-order valence-corrected chi connectivity index (χ4v) is 2.22. The number of carbonyl (C=O) groups excluding carboxylic acids is 1. The second kappa shape index (κ2) is 6.56. The number of halogens is 2. The van der Waals surface area contributed by atoms with Gasteiger partial charge in [-0.3, -0.25) is 4.79 Å². The Labute approximate surface area is 130 Å². The summed E-state index contributed by atoms with van der Waals surface area (Å²) >= 11 is 9.29. The first-order valence-corrected chi connectivity index (χ1v) is 7.00. The number of anilines is 1. The summed E-state index contributed by atoms with van der Waals surface area (Å²) in [4.78, 5) is 12.0. The van der Waals surface area contributed by atoms with Gasteiger partial charge < -0.3 is 5.32 Å². The number of nitrogens with one attached hydrogen (secondary N) is 1. The highest BCUT2D eigenvalue weighted by Gasteiger charge is 2.08. The number of rotatable bonds is 3. The van der Waals surface area contributed by atoms with Crippen molar-refractivity contribution in [2.45, 2.75) is 6.42 Å². The summed E-state index contributed by atoms with van der Waals surface area (Å²) in [6, 6.07) is 14.2. The molecule has 0 saturated heterocycles. The zero-order valence-corrected chi connectivity index (χ0v) is 12.7. The minimum Gasteiger partial charge on any atom is -0.325 e. The Morgan fingerprint density at radius 3 is 2.60 bits per heavy atom. The maximum atomic E-state index is 12.0. The van der Waals surface area contributed by atoms with E-state index in [0.717, 1.165) is 5.56 Å². The Hall–Kier alpha value is -1.83. The number of amides is 1. The molecule has 0 saturated carbocycles. The summed E-state index contributed by atoms with van der Waals surface area (Å²) in [7, 11) is 0. The number of benzene rings is 2. The van der Waals surface area contributed by atoms with Crippen LogP contribution in [0.1, 0.15) is 11.1 Å². The monoisotopic (exact) mass is 348 g/mol. The maximum absolute atomic E-state index is 12.0. The molecule has 100 valence electrons. The van der Waals surface area contributed by atoms with E-state index < -0.39 is 0 Å². The predicted molar refractivity (Wildman–Crippen MR) is 82.6 cm³/mol. The molecule has 0 aliphatic rings. The lowest BCUT2D eigenvalue weighted by atomic mass is 10.1. The quantitative estimate of drug-likeness (QED) is 0.905. The Morgan fingerprint density at radius 2 is 1.95 bits per heavy atom. The van der Waals surface area contributed by atoms with E-state index in [1.165, 1.54) is 0 Å². The largest absolute Gasteiger partial charge is 0.325 e. The molecule has 0 atom stereocenters. The first-order chi connectivity index (χ1) is 9.60. The van der Waals surface area contributed by atoms with Gasteiger partial charge in [-0.2, -0.15) is 5.26 Å². The molecule has 0 radical (unpaired) electrons. The van der Waals surface area contributed by atoms with Crippen molar-refractivity contribution >= 4 is 39.1 Å². The summed E-state index contributed by atoms with van der Waals surface area (Å²) < 4.78 is 0.662. The highest BCUT2D eigenvalue weighted by Crippen LogP contribution is 2.30. The smallest absolute Gasteiger partial charge is 0.228 e. The molecule has 20 heavy (non-hydrogen) atoms. The molecule has 2 aromatic rings. The lowest BCUT2D eigenvalue weighted by Gasteiger charge is -2.08. The lowest BCUT2D eigenvalue weighted by Crippen LogP contribution is -2.14. The lowest BCUT2D eigenvalue weighted by molar-refractivity contribution is -0.115. The average molecular weight is 350 g/mol. The molecule has 0 fully saturated rings. The third-order valence-electron chi connectivity index (χ3n) is 2.67. The zero-order chi connectivity index (χ0) is 14.5. The van der Waals surface area contributed by atoms with Crippen LogP contribution in [0.25, 0.3) is 0 Å². The number of nitrogens with zero attached hydrogens (tertiary/aromatic N) is 1. The number of carbonyl (C=O) groups is 1. The molecule has 0 aliphatic carbocycles. The van der Waals surface area contributed by atoms with Gasteiger partial charge in [0.25, 0.3) is 0 Å². The number of nitriles is 1. The van der Waals surface area contributed by atoms with Crippen LogP contribution in [0.4, 0.5) is 5.69 Å². The van der Waals surface area contributed by atoms with Crippen LogP contribution in [0.3, 0.4) is 0 Å². The van der Waals surface area contributed by atoms with E-state index in [-0.39, 0.29) is 12.3 Å². The molecule has 2 aromatic carbocycles. The molecule has 3 nitrogen and oxygen atoms in total. The summed E-state index contributed by atoms with van der Waals surface area (Å²) in [6.45, 7) is 0. The van der Waals surface area contributed by atoms with Crippen LogP contribution >= 0.6 is 27.5 Å². The second-order valence-electron chi connectivity index (χ2n) is 4.14. The van der Waals surface area contributed by atoms with Gasteiger partial charge in [-0.05, 0) is 45.8 Å². The Bertz CT molecular complexity index is 677. The van der Waals surface area contributed by atoms with Crippen molar-refractivity contribution in [3.05, 3.63) is 63.1 Å². The van der Waals surface area contributed by atoms with E-state index in [1.54, 1.807) is 42.5 Å². The van der Waals surface area contributed by atoms with Gasteiger partial charge >= 0.3 is 0 Å². The normalized spacial score (nSPS) is 9.85. The van der Waals surface area contributed by atoms with Crippen molar-refractivity contribution in [1.29, 1.82) is 5.26 Å². The zero-order valence-electron chi connectivity index (χ0n) is 10.4. The Kier molecular flexibility index (Phi) is 4.78. The van der Waals surface area contributed by atoms with Crippen LogP contribution in [0, 0.1) is 11.3 Å². The molecular weight excluding hydrogens is 340 g/mol. The molecule has 5 heteroatoms. The van der Waals surface area contributed by atoms with Crippen molar-refractivity contribution in [1.82, 2.24) is 0 Å². The van der Waals surface area contributed by atoms with Crippen molar-refractivity contribution < 1.29 is 4.79 Å². The third kappa shape index (κ3) is 3.60. The van der Waals surface area contributed by atoms with E-state index in [2.05, 4.69) is 21.2 Å². The standard InChI is InChI=1S/C15H10BrClN2O/c16-15-12(17)2-1-3-13(15)19-14(20)8-10-4-6-11(9-18)7-5-10/h1-7H,8H2,(H,19,20). The van der Waals surface area contributed by atoms with Gasteiger partial charge in [0.2, 0.25) is 5.91 Å². The number of hydrogen-bond donors (Lipinski definition) is 1. The molecular formula is C15H10BrClN2O. The van der Waals surface area contributed by atoms with Gasteiger partial charge in [-0.1, -0.05) is 29.8 Å². The molecule has 0 bridgehead atoms. The van der Waals surface area contributed by atoms with Gasteiger partial charge in [0.15, 0.2) is 0 Å². The summed E-state index contributed by atoms with van der Waals surface area (Å²) in [6.07, 6.45) is 0.241. The first kappa shape index (κ1) is 14.6. The first-order valence-electron chi connectivity index (χ1n) is 5.83. The van der Waals surface area contributed by atoms with Crippen LogP contribution in [0.2, 0.25) is 5.02 Å². The van der Waals surface area contributed by atoms with Crippen LogP contribution in [0.5, 0.6) is 0 Å². The SMILES string of the molecule is N#Cc1ccc(CC(=O)Nc2cccc(Cl)c2Br)cc1. The molecule has 0 heterocycles. The summed E-state index contributed by atoms with van der Waals surface area (Å²) in [5, 5.41) is 12.1. The number of hydrogen-bond acceptors (Lipinski definition) is 2. The average Bonchev–Trinajstić information content (AvgIpc) is 2.45. The van der Waals surface area contributed by atoms with E-state index in [9.17, 15) is 4.79 Å². The fraction of sp³-hybridized carbons (Fsp3) is 0.0667. The molecule has 0 aromatic heterocycles. The minimum atomic E-state index is -0.141. The Morgan fingerprint density at radius 1 is 1.25 bits per heavy atom. The molecule has 0 spiro atoms. The van der Waals surface area contributed by atoms with Crippen LogP contribution in [-0.2, 0) is 11.2 Å². The van der Waals surface area contributed by atoms with Crippen molar-refractivity contribution in [3.8, 4) is 6.07 Å². The van der Waals surface area contributed by atoms with Crippen LogP contribution in [-0.4, -0.2) is 5.91 Å². The van der Waals surface area contributed by atoms with Gasteiger partial charge in [0.1, 0.15) is 0 Å². The topological polar surface area (TPSA) is 52.9 Å². The summed E-state index contributed by atoms with van der Waals surface area (Å²) in [5.74, 6) is -0.141. The molecule has 2 rings (SSSR count). The van der Waals surface area contributed by atoms with Gasteiger partial charge in [-0.25, -0.2) is 0 Å². The molecule has 0 aliphatic heterocycles. The maximum Gasteiger partial charge on any atom is 0.228 e. The van der Waals surface area contributed by atoms with E-state index >= 15 is 0 Å².